The molecule has 33 heavy (non-hydrogen) atoms. The van der Waals surface area contributed by atoms with E-state index < -0.39 is 5.97 Å². The lowest BCUT2D eigenvalue weighted by atomic mass is 9.89. The van der Waals surface area contributed by atoms with Crippen molar-refractivity contribution >= 4 is 11.7 Å². The van der Waals surface area contributed by atoms with Crippen LogP contribution in [0.4, 0.5) is 5.69 Å². The van der Waals surface area contributed by atoms with Gasteiger partial charge in [-0.2, -0.15) is 0 Å². The molecular weight excluding hydrogens is 416 g/mol. The van der Waals surface area contributed by atoms with Crippen molar-refractivity contribution in [2.45, 2.75) is 37.6 Å². The summed E-state index contributed by atoms with van der Waals surface area (Å²) >= 11 is 0. The number of aromatic carboxylic acids is 1. The zero-order valence-electron chi connectivity index (χ0n) is 18.8. The molecule has 6 heteroatoms. The summed E-state index contributed by atoms with van der Waals surface area (Å²) in [4.78, 5) is 18.3. The van der Waals surface area contributed by atoms with E-state index in [0.717, 1.165) is 61.7 Å². The lowest BCUT2D eigenvalue weighted by Gasteiger charge is -2.33. The van der Waals surface area contributed by atoms with Gasteiger partial charge in [-0.1, -0.05) is 24.3 Å². The molecule has 0 saturated heterocycles. The first-order chi connectivity index (χ1) is 16.1. The highest BCUT2D eigenvalue weighted by molar-refractivity contribution is 5.87. The van der Waals surface area contributed by atoms with Crippen LogP contribution in [0, 0.1) is 0 Å². The second-order valence-corrected chi connectivity index (χ2v) is 8.89. The number of pyridine rings is 1. The molecule has 6 nitrogen and oxygen atoms in total. The Bertz CT molecular complexity index is 1160. The number of hydrogen-bond donors (Lipinski definition) is 1. The number of hydrogen-bond acceptors (Lipinski definition) is 5. The first-order valence-corrected chi connectivity index (χ1v) is 11.4. The van der Waals surface area contributed by atoms with Gasteiger partial charge in [-0.3, -0.25) is 4.98 Å². The van der Waals surface area contributed by atoms with Gasteiger partial charge >= 0.3 is 5.97 Å². The van der Waals surface area contributed by atoms with Crippen LogP contribution in [-0.2, 0) is 18.4 Å². The van der Waals surface area contributed by atoms with Crippen molar-refractivity contribution in [2.75, 3.05) is 25.2 Å². The highest BCUT2D eigenvalue weighted by Gasteiger charge is 2.44. The number of ether oxygens (including phenoxy) is 2. The van der Waals surface area contributed by atoms with Crippen LogP contribution in [0.15, 0.2) is 60.8 Å². The SMILES string of the molecule is COc1cccc(CN2CCOc3ccnc(CCC4(c5ccc(C(=O)O)cc5)CC4)c32)c1. The molecule has 2 aliphatic rings. The van der Waals surface area contributed by atoms with E-state index >= 15 is 0 Å². The number of nitrogens with zero attached hydrogens (tertiary/aromatic N) is 2. The summed E-state index contributed by atoms with van der Waals surface area (Å²) in [7, 11) is 1.69. The molecule has 0 spiro atoms. The Kier molecular flexibility index (Phi) is 5.67. The molecule has 1 aromatic heterocycles. The Hall–Kier alpha value is -3.54. The van der Waals surface area contributed by atoms with Crippen molar-refractivity contribution in [2.24, 2.45) is 0 Å². The normalized spacial score (nSPS) is 16.0. The van der Waals surface area contributed by atoms with Crippen LogP contribution in [0.25, 0.3) is 0 Å². The summed E-state index contributed by atoms with van der Waals surface area (Å²) < 4.78 is 11.4. The molecule has 1 fully saturated rings. The van der Waals surface area contributed by atoms with Gasteiger partial charge in [-0.05, 0) is 66.5 Å². The molecular formula is C27H28N2O4. The average molecular weight is 445 g/mol. The molecule has 1 aliphatic heterocycles. The average Bonchev–Trinajstić information content (AvgIpc) is 3.64. The second kappa shape index (κ2) is 8.77. The van der Waals surface area contributed by atoms with Gasteiger partial charge in [0.25, 0.3) is 0 Å². The molecule has 0 bridgehead atoms. The van der Waals surface area contributed by atoms with Gasteiger partial charge in [-0.25, -0.2) is 4.79 Å². The van der Waals surface area contributed by atoms with E-state index in [1.807, 2.05) is 36.5 Å². The molecule has 2 heterocycles. The number of carbonyl (C=O) groups is 1. The highest BCUT2D eigenvalue weighted by atomic mass is 16.5. The third-order valence-electron chi connectivity index (χ3n) is 6.84. The maximum Gasteiger partial charge on any atom is 0.335 e. The van der Waals surface area contributed by atoms with Gasteiger partial charge in [0.15, 0.2) is 0 Å². The number of carboxylic acid groups (broad SMARTS) is 1. The molecule has 170 valence electrons. The van der Waals surface area contributed by atoms with E-state index in [1.54, 1.807) is 19.2 Å². The standard InChI is InChI=1S/C27H28N2O4/c1-32-22-4-2-3-19(17-22)18-29-15-16-33-24-10-14-28-23(25(24)29)9-11-27(12-13-27)21-7-5-20(6-8-21)26(30)31/h2-8,10,14,17H,9,11-13,15-16,18H2,1H3,(H,30,31). The Morgan fingerprint density at radius 2 is 2.00 bits per heavy atom. The van der Waals surface area contributed by atoms with Crippen molar-refractivity contribution < 1.29 is 19.4 Å². The van der Waals surface area contributed by atoms with E-state index in [4.69, 9.17) is 14.5 Å². The minimum Gasteiger partial charge on any atom is -0.497 e. The maximum absolute atomic E-state index is 11.2. The van der Waals surface area contributed by atoms with Crippen molar-refractivity contribution in [1.82, 2.24) is 4.98 Å². The Labute approximate surface area is 193 Å². The van der Waals surface area contributed by atoms with Gasteiger partial charge in [0.2, 0.25) is 0 Å². The number of aryl methyl sites for hydroxylation is 1. The molecule has 1 saturated carbocycles. The van der Waals surface area contributed by atoms with Crippen LogP contribution in [0.1, 0.15) is 46.4 Å². The number of aromatic nitrogens is 1. The number of carboxylic acids is 1. The van der Waals surface area contributed by atoms with E-state index in [2.05, 4.69) is 17.0 Å². The van der Waals surface area contributed by atoms with E-state index in [1.165, 1.54) is 11.1 Å². The summed E-state index contributed by atoms with van der Waals surface area (Å²) in [5.41, 5.74) is 5.01. The predicted octanol–water partition coefficient (Wildman–Crippen LogP) is 4.85. The molecule has 0 unspecified atom stereocenters. The summed E-state index contributed by atoms with van der Waals surface area (Å²) in [6.45, 7) is 2.24. The number of fused-ring (bicyclic) bond motifs is 1. The number of benzene rings is 2. The molecule has 0 amide bonds. The Morgan fingerprint density at radius 1 is 1.18 bits per heavy atom. The number of rotatable bonds is 8. The van der Waals surface area contributed by atoms with Gasteiger partial charge in [-0.15, -0.1) is 0 Å². The van der Waals surface area contributed by atoms with Crippen LogP contribution < -0.4 is 14.4 Å². The highest BCUT2D eigenvalue weighted by Crippen LogP contribution is 2.52. The fraction of sp³-hybridized carbons (Fsp3) is 0.333. The largest absolute Gasteiger partial charge is 0.497 e. The van der Waals surface area contributed by atoms with Gasteiger partial charge < -0.3 is 19.5 Å². The Balaban J connectivity index is 1.36. The minimum atomic E-state index is -0.886. The van der Waals surface area contributed by atoms with Crippen molar-refractivity contribution in [3.63, 3.8) is 0 Å². The van der Waals surface area contributed by atoms with E-state index in [-0.39, 0.29) is 5.41 Å². The van der Waals surface area contributed by atoms with Crippen LogP contribution in [0.2, 0.25) is 0 Å². The predicted molar refractivity (Wildman–Crippen MR) is 126 cm³/mol. The Morgan fingerprint density at radius 3 is 2.73 bits per heavy atom. The quantitative estimate of drug-likeness (QED) is 0.535. The maximum atomic E-state index is 11.2. The van der Waals surface area contributed by atoms with Crippen LogP contribution >= 0.6 is 0 Å². The van der Waals surface area contributed by atoms with Crippen molar-refractivity contribution in [3.05, 3.63) is 83.2 Å². The summed E-state index contributed by atoms with van der Waals surface area (Å²) in [5.74, 6) is 0.865. The lowest BCUT2D eigenvalue weighted by Crippen LogP contribution is -2.33. The summed E-state index contributed by atoms with van der Waals surface area (Å²) in [5, 5.41) is 9.19. The molecule has 1 N–H and O–H groups in total. The van der Waals surface area contributed by atoms with Gasteiger partial charge in [0.05, 0.1) is 24.9 Å². The molecule has 0 radical (unpaired) electrons. The fourth-order valence-corrected chi connectivity index (χ4v) is 4.80. The van der Waals surface area contributed by atoms with Gasteiger partial charge in [0, 0.05) is 18.8 Å². The number of anilines is 1. The zero-order valence-corrected chi connectivity index (χ0v) is 18.8. The molecule has 0 atom stereocenters. The fourth-order valence-electron chi connectivity index (χ4n) is 4.80. The summed E-state index contributed by atoms with van der Waals surface area (Å²) in [6.07, 6.45) is 5.92. The third-order valence-corrected chi connectivity index (χ3v) is 6.84. The molecule has 1 aliphatic carbocycles. The first-order valence-electron chi connectivity index (χ1n) is 11.4. The lowest BCUT2D eigenvalue weighted by molar-refractivity contribution is 0.0697. The van der Waals surface area contributed by atoms with Crippen molar-refractivity contribution in [3.8, 4) is 11.5 Å². The molecule has 5 rings (SSSR count). The molecule has 2 aromatic carbocycles. The van der Waals surface area contributed by atoms with Crippen LogP contribution in [0.3, 0.4) is 0 Å². The van der Waals surface area contributed by atoms with Crippen LogP contribution in [-0.4, -0.2) is 36.3 Å². The van der Waals surface area contributed by atoms with E-state index in [0.29, 0.717) is 12.2 Å². The van der Waals surface area contributed by atoms with Crippen molar-refractivity contribution in [1.29, 1.82) is 0 Å². The van der Waals surface area contributed by atoms with Gasteiger partial charge in [0.1, 0.15) is 23.8 Å². The first kappa shape index (κ1) is 21.3. The third kappa shape index (κ3) is 4.38. The molecule has 3 aromatic rings. The second-order valence-electron chi connectivity index (χ2n) is 8.89. The summed E-state index contributed by atoms with van der Waals surface area (Å²) in [6, 6.07) is 17.5. The zero-order chi connectivity index (χ0) is 22.8. The smallest absolute Gasteiger partial charge is 0.335 e. The topological polar surface area (TPSA) is 71.9 Å². The minimum absolute atomic E-state index is 0.120. The van der Waals surface area contributed by atoms with Crippen LogP contribution in [0.5, 0.6) is 11.5 Å². The number of methoxy groups -OCH3 is 1. The monoisotopic (exact) mass is 444 g/mol. The van der Waals surface area contributed by atoms with E-state index in [9.17, 15) is 9.90 Å².